The number of hydrogen-bond donors (Lipinski definition) is 2. The highest BCUT2D eigenvalue weighted by Gasteiger charge is 2.35. The maximum Gasteiger partial charge on any atom is 0.433 e. The minimum Gasteiger partial charge on any atom is -0.304 e. The monoisotopic (exact) mass is 195 g/mol. The van der Waals surface area contributed by atoms with Crippen molar-refractivity contribution in [1.29, 1.82) is 0 Å². The third-order valence-electron chi connectivity index (χ3n) is 1.49. The van der Waals surface area contributed by atoms with Crippen molar-refractivity contribution in [3.05, 3.63) is 17.5 Å². The first-order valence-corrected chi connectivity index (χ1v) is 3.47. The van der Waals surface area contributed by atoms with Gasteiger partial charge in [-0.15, -0.1) is 0 Å². The van der Waals surface area contributed by atoms with E-state index in [1.165, 1.54) is 0 Å². The molecule has 7 heteroatoms. The van der Waals surface area contributed by atoms with Gasteiger partial charge < -0.3 is 4.84 Å². The summed E-state index contributed by atoms with van der Waals surface area (Å²) in [4.78, 5) is 4.17. The number of H-pyrrole nitrogens is 1. The number of aromatic nitrogens is 2. The number of hydrogen-bond acceptors (Lipinski definition) is 3. The van der Waals surface area contributed by atoms with E-state index in [1.807, 2.05) is 5.10 Å². The summed E-state index contributed by atoms with van der Waals surface area (Å²) in [5.74, 6) is 4.69. The first-order chi connectivity index (χ1) is 6.05. The largest absolute Gasteiger partial charge is 0.433 e. The average Bonchev–Trinajstić information content (AvgIpc) is 2.47. The second kappa shape index (κ2) is 3.75. The lowest BCUT2D eigenvalue weighted by molar-refractivity contribution is -0.141. The Morgan fingerprint density at radius 1 is 1.54 bits per heavy atom. The summed E-state index contributed by atoms with van der Waals surface area (Å²) >= 11 is 0. The highest BCUT2D eigenvalue weighted by Crippen LogP contribution is 2.29. The van der Waals surface area contributed by atoms with E-state index in [0.29, 0.717) is 0 Å². The minimum absolute atomic E-state index is 0.0304. The van der Waals surface area contributed by atoms with Crippen molar-refractivity contribution in [3.63, 3.8) is 0 Å². The molecule has 0 aliphatic heterocycles. The Labute approximate surface area is 71.8 Å². The molecule has 0 bridgehead atoms. The van der Waals surface area contributed by atoms with Gasteiger partial charge in [0, 0.05) is 12.0 Å². The average molecular weight is 195 g/mol. The molecule has 0 saturated heterocycles. The molecule has 1 aromatic rings. The Hall–Kier alpha value is -1.08. The molecule has 0 aliphatic carbocycles. The summed E-state index contributed by atoms with van der Waals surface area (Å²) < 4.78 is 36.5. The lowest BCUT2D eigenvalue weighted by atomic mass is 10.2. The second-order valence-corrected chi connectivity index (χ2v) is 2.39. The molecule has 0 spiro atoms. The van der Waals surface area contributed by atoms with E-state index in [4.69, 9.17) is 5.90 Å². The van der Waals surface area contributed by atoms with E-state index in [1.54, 1.807) is 0 Å². The summed E-state index contributed by atoms with van der Waals surface area (Å²) in [6.07, 6.45) is -3.20. The zero-order valence-corrected chi connectivity index (χ0v) is 6.56. The first kappa shape index (κ1) is 10.0. The summed E-state index contributed by atoms with van der Waals surface area (Å²) in [6.45, 7) is 0.0304. The van der Waals surface area contributed by atoms with Crippen molar-refractivity contribution >= 4 is 0 Å². The fourth-order valence-electron chi connectivity index (χ4n) is 0.915. The van der Waals surface area contributed by atoms with Gasteiger partial charge in [0.2, 0.25) is 0 Å². The molecular formula is C6H8F3N3O. The predicted molar refractivity (Wildman–Crippen MR) is 37.4 cm³/mol. The third-order valence-corrected chi connectivity index (χ3v) is 1.49. The van der Waals surface area contributed by atoms with E-state index >= 15 is 0 Å². The van der Waals surface area contributed by atoms with Crippen LogP contribution in [0, 0.1) is 0 Å². The van der Waals surface area contributed by atoms with Crippen LogP contribution in [0.4, 0.5) is 13.2 Å². The smallest absolute Gasteiger partial charge is 0.304 e. The van der Waals surface area contributed by atoms with Crippen LogP contribution < -0.4 is 5.90 Å². The van der Waals surface area contributed by atoms with E-state index in [0.717, 1.165) is 6.20 Å². The fraction of sp³-hybridized carbons (Fsp3) is 0.500. The maximum atomic E-state index is 12.2. The van der Waals surface area contributed by atoms with Crippen LogP contribution in [0.3, 0.4) is 0 Å². The van der Waals surface area contributed by atoms with Crippen LogP contribution in [0.2, 0.25) is 0 Å². The molecule has 13 heavy (non-hydrogen) atoms. The van der Waals surface area contributed by atoms with Gasteiger partial charge in [-0.3, -0.25) is 5.10 Å². The molecule has 74 valence electrons. The number of halogens is 3. The van der Waals surface area contributed by atoms with Crippen LogP contribution >= 0.6 is 0 Å². The molecule has 0 unspecified atom stereocenters. The molecule has 0 radical (unpaired) electrons. The summed E-state index contributed by atoms with van der Waals surface area (Å²) in [5.41, 5.74) is -0.789. The Morgan fingerprint density at radius 3 is 2.77 bits per heavy atom. The van der Waals surface area contributed by atoms with E-state index in [9.17, 15) is 13.2 Å². The number of alkyl halides is 3. The van der Waals surface area contributed by atoms with Crippen molar-refractivity contribution in [3.8, 4) is 0 Å². The maximum absolute atomic E-state index is 12.2. The Balaban J connectivity index is 2.77. The lowest BCUT2D eigenvalue weighted by Gasteiger charge is -2.05. The topological polar surface area (TPSA) is 63.9 Å². The quantitative estimate of drug-likeness (QED) is 0.703. The molecule has 4 nitrogen and oxygen atoms in total. The summed E-state index contributed by atoms with van der Waals surface area (Å²) in [6, 6.07) is 0. The molecule has 0 aliphatic rings. The normalized spacial score (nSPS) is 12.0. The van der Waals surface area contributed by atoms with Crippen LogP contribution in [0.5, 0.6) is 0 Å². The molecular weight excluding hydrogens is 187 g/mol. The number of rotatable bonds is 3. The van der Waals surface area contributed by atoms with Gasteiger partial charge in [-0.05, 0) is 0 Å². The van der Waals surface area contributed by atoms with Crippen LogP contribution in [0.15, 0.2) is 6.20 Å². The fourth-order valence-corrected chi connectivity index (χ4v) is 0.915. The van der Waals surface area contributed by atoms with Gasteiger partial charge in [0.25, 0.3) is 0 Å². The summed E-state index contributed by atoms with van der Waals surface area (Å²) in [5, 5.41) is 5.18. The van der Waals surface area contributed by atoms with Crippen LogP contribution in [-0.2, 0) is 17.4 Å². The van der Waals surface area contributed by atoms with Crippen LogP contribution in [0.25, 0.3) is 0 Å². The molecule has 1 heterocycles. The number of nitrogens with one attached hydrogen (secondary N) is 1. The van der Waals surface area contributed by atoms with Gasteiger partial charge in [0.05, 0.1) is 12.8 Å². The van der Waals surface area contributed by atoms with Gasteiger partial charge in [0.1, 0.15) is 5.69 Å². The van der Waals surface area contributed by atoms with Crippen LogP contribution in [-0.4, -0.2) is 16.8 Å². The molecule has 0 saturated carbocycles. The van der Waals surface area contributed by atoms with Gasteiger partial charge in [-0.1, -0.05) is 0 Å². The zero-order valence-electron chi connectivity index (χ0n) is 6.56. The predicted octanol–water partition coefficient (Wildman–Crippen LogP) is 0.861. The van der Waals surface area contributed by atoms with Crippen molar-refractivity contribution in [2.24, 2.45) is 5.90 Å². The third kappa shape index (κ3) is 2.43. The van der Waals surface area contributed by atoms with E-state index in [2.05, 4.69) is 9.94 Å². The van der Waals surface area contributed by atoms with Gasteiger partial charge in [-0.25, -0.2) is 5.90 Å². The molecule has 1 rings (SSSR count). The van der Waals surface area contributed by atoms with E-state index in [-0.39, 0.29) is 18.6 Å². The number of nitrogens with two attached hydrogens (primary N) is 1. The molecule has 0 amide bonds. The van der Waals surface area contributed by atoms with Crippen molar-refractivity contribution < 1.29 is 18.0 Å². The number of nitrogens with zero attached hydrogens (tertiary/aromatic N) is 1. The molecule has 0 atom stereocenters. The van der Waals surface area contributed by atoms with Gasteiger partial charge >= 0.3 is 6.18 Å². The lowest BCUT2D eigenvalue weighted by Crippen LogP contribution is -2.11. The first-order valence-electron chi connectivity index (χ1n) is 3.47. The molecule has 0 fully saturated rings. The Bertz CT molecular complexity index is 270. The summed E-state index contributed by atoms with van der Waals surface area (Å²) in [7, 11) is 0. The van der Waals surface area contributed by atoms with Crippen LogP contribution in [0.1, 0.15) is 11.3 Å². The highest BCUT2D eigenvalue weighted by atomic mass is 19.4. The SMILES string of the molecule is NOCCc1cn[nH]c1C(F)(F)F. The highest BCUT2D eigenvalue weighted by molar-refractivity contribution is 5.19. The second-order valence-electron chi connectivity index (χ2n) is 2.39. The zero-order chi connectivity index (χ0) is 9.90. The van der Waals surface area contributed by atoms with Gasteiger partial charge in [0.15, 0.2) is 0 Å². The standard InChI is InChI=1S/C6H8F3N3O/c7-6(8,9)5-4(1-2-13-10)3-11-12-5/h3H,1-2,10H2,(H,11,12). The van der Waals surface area contributed by atoms with Gasteiger partial charge in [-0.2, -0.15) is 18.3 Å². The van der Waals surface area contributed by atoms with E-state index < -0.39 is 11.9 Å². The van der Waals surface area contributed by atoms with Crippen molar-refractivity contribution in [2.45, 2.75) is 12.6 Å². The molecule has 1 aromatic heterocycles. The molecule has 0 aromatic carbocycles. The Morgan fingerprint density at radius 2 is 2.23 bits per heavy atom. The number of aromatic amines is 1. The molecule has 3 N–H and O–H groups in total. The van der Waals surface area contributed by atoms with Crippen molar-refractivity contribution in [2.75, 3.05) is 6.61 Å². The Kier molecular flexibility index (Phi) is 2.89. The minimum atomic E-state index is -4.40. The van der Waals surface area contributed by atoms with Crippen molar-refractivity contribution in [1.82, 2.24) is 10.2 Å².